The first-order valence-corrected chi connectivity index (χ1v) is 5.95. The van der Waals surface area contributed by atoms with Crippen LogP contribution in [0.5, 0.6) is 0 Å². The summed E-state index contributed by atoms with van der Waals surface area (Å²) in [6.07, 6.45) is 0.104. The number of halogens is 3. The van der Waals surface area contributed by atoms with E-state index in [1.807, 2.05) is 0 Å². The number of rotatable bonds is 5. The zero-order chi connectivity index (χ0) is 12.3. The van der Waals surface area contributed by atoms with Crippen LogP contribution in [0.2, 0.25) is 0 Å². The van der Waals surface area contributed by atoms with Crippen LogP contribution in [-0.2, 0) is 12.6 Å². The van der Waals surface area contributed by atoms with Crippen molar-refractivity contribution >= 4 is 0 Å². The van der Waals surface area contributed by atoms with E-state index in [0.29, 0.717) is 6.04 Å². The molecule has 1 aliphatic carbocycles. The molecular formula is C13H16F3N. The maximum Gasteiger partial charge on any atom is 0.416 e. The SMILES string of the molecule is FC(F)(F)c1ccc(CCCNC2CC2)cc1. The Balaban J connectivity index is 1.76. The largest absolute Gasteiger partial charge is 0.416 e. The van der Waals surface area contributed by atoms with E-state index in [9.17, 15) is 13.2 Å². The molecule has 0 unspecified atom stereocenters. The summed E-state index contributed by atoms with van der Waals surface area (Å²) in [4.78, 5) is 0. The quantitative estimate of drug-likeness (QED) is 0.782. The maximum atomic E-state index is 12.3. The van der Waals surface area contributed by atoms with E-state index >= 15 is 0 Å². The van der Waals surface area contributed by atoms with Crippen molar-refractivity contribution in [1.82, 2.24) is 5.32 Å². The van der Waals surface area contributed by atoms with Crippen LogP contribution in [0.15, 0.2) is 24.3 Å². The Kier molecular flexibility index (Phi) is 3.72. The number of hydrogen-bond donors (Lipinski definition) is 1. The third-order valence-corrected chi connectivity index (χ3v) is 2.93. The molecule has 17 heavy (non-hydrogen) atoms. The second-order valence-corrected chi connectivity index (χ2v) is 4.53. The summed E-state index contributed by atoms with van der Waals surface area (Å²) in [6, 6.07) is 6.15. The molecule has 1 N–H and O–H groups in total. The van der Waals surface area contributed by atoms with E-state index in [2.05, 4.69) is 5.32 Å². The molecule has 94 valence electrons. The van der Waals surface area contributed by atoms with Crippen LogP contribution < -0.4 is 5.32 Å². The summed E-state index contributed by atoms with van der Waals surface area (Å²) in [6.45, 7) is 0.950. The third kappa shape index (κ3) is 4.04. The molecule has 1 aromatic rings. The predicted molar refractivity (Wildman–Crippen MR) is 60.8 cm³/mol. The summed E-state index contributed by atoms with van der Waals surface area (Å²) in [5.74, 6) is 0. The Bertz CT molecular complexity index is 352. The highest BCUT2D eigenvalue weighted by Crippen LogP contribution is 2.29. The van der Waals surface area contributed by atoms with Crippen LogP contribution in [0, 0.1) is 0 Å². The summed E-state index contributed by atoms with van der Waals surface area (Å²) in [5.41, 5.74) is 0.396. The number of hydrogen-bond acceptors (Lipinski definition) is 1. The van der Waals surface area contributed by atoms with Gasteiger partial charge in [-0.05, 0) is 49.9 Å². The van der Waals surface area contributed by atoms with Gasteiger partial charge in [-0.2, -0.15) is 13.2 Å². The Hall–Kier alpha value is -1.03. The van der Waals surface area contributed by atoms with Crippen molar-refractivity contribution in [3.8, 4) is 0 Å². The highest BCUT2D eigenvalue weighted by Gasteiger charge is 2.29. The van der Waals surface area contributed by atoms with Crippen LogP contribution in [0.1, 0.15) is 30.4 Å². The normalized spacial score (nSPS) is 16.2. The molecule has 0 bridgehead atoms. The molecule has 0 aliphatic heterocycles. The monoisotopic (exact) mass is 243 g/mol. The van der Waals surface area contributed by atoms with E-state index in [4.69, 9.17) is 0 Å². The van der Waals surface area contributed by atoms with Crippen LogP contribution in [-0.4, -0.2) is 12.6 Å². The lowest BCUT2D eigenvalue weighted by atomic mass is 10.1. The number of alkyl halides is 3. The molecule has 0 radical (unpaired) electrons. The molecule has 1 aliphatic rings. The Labute approximate surface area is 99.0 Å². The van der Waals surface area contributed by atoms with Crippen molar-refractivity contribution in [1.29, 1.82) is 0 Å². The van der Waals surface area contributed by atoms with Crippen LogP contribution >= 0.6 is 0 Å². The average molecular weight is 243 g/mol. The van der Waals surface area contributed by atoms with Gasteiger partial charge in [0, 0.05) is 6.04 Å². The summed E-state index contributed by atoms with van der Waals surface area (Å²) < 4.78 is 36.9. The third-order valence-electron chi connectivity index (χ3n) is 2.93. The fourth-order valence-corrected chi connectivity index (χ4v) is 1.75. The van der Waals surface area contributed by atoms with Gasteiger partial charge in [-0.3, -0.25) is 0 Å². The van der Waals surface area contributed by atoms with Gasteiger partial charge in [0.25, 0.3) is 0 Å². The molecule has 1 fully saturated rings. The number of benzene rings is 1. The van der Waals surface area contributed by atoms with Gasteiger partial charge in [-0.15, -0.1) is 0 Å². The minimum Gasteiger partial charge on any atom is -0.314 e. The van der Waals surface area contributed by atoms with Gasteiger partial charge in [0.2, 0.25) is 0 Å². The molecule has 1 nitrogen and oxygen atoms in total. The van der Waals surface area contributed by atoms with Gasteiger partial charge < -0.3 is 5.32 Å². The summed E-state index contributed by atoms with van der Waals surface area (Å²) in [5, 5.41) is 3.38. The molecule has 0 atom stereocenters. The van der Waals surface area contributed by atoms with E-state index in [-0.39, 0.29) is 0 Å². The topological polar surface area (TPSA) is 12.0 Å². The second kappa shape index (κ2) is 5.08. The van der Waals surface area contributed by atoms with Gasteiger partial charge in [-0.1, -0.05) is 12.1 Å². The molecule has 1 saturated carbocycles. The molecule has 0 heterocycles. The van der Waals surface area contributed by atoms with Crippen molar-refractivity contribution in [2.45, 2.75) is 37.9 Å². The van der Waals surface area contributed by atoms with E-state index in [1.54, 1.807) is 12.1 Å². The Morgan fingerprint density at radius 3 is 2.29 bits per heavy atom. The van der Waals surface area contributed by atoms with Gasteiger partial charge >= 0.3 is 6.18 Å². The zero-order valence-electron chi connectivity index (χ0n) is 9.56. The highest BCUT2D eigenvalue weighted by atomic mass is 19.4. The van der Waals surface area contributed by atoms with Crippen molar-refractivity contribution in [3.63, 3.8) is 0 Å². The lowest BCUT2D eigenvalue weighted by molar-refractivity contribution is -0.137. The highest BCUT2D eigenvalue weighted by molar-refractivity contribution is 5.24. The molecule has 0 amide bonds. The van der Waals surface area contributed by atoms with Crippen LogP contribution in [0.3, 0.4) is 0 Å². The standard InChI is InChI=1S/C13H16F3N/c14-13(15,16)11-5-3-10(4-6-11)2-1-9-17-12-7-8-12/h3-6,12,17H,1-2,7-9H2. The van der Waals surface area contributed by atoms with Gasteiger partial charge in [0.15, 0.2) is 0 Å². The Morgan fingerprint density at radius 2 is 1.76 bits per heavy atom. The number of aryl methyl sites for hydroxylation is 1. The van der Waals surface area contributed by atoms with Gasteiger partial charge in [0.1, 0.15) is 0 Å². The fraction of sp³-hybridized carbons (Fsp3) is 0.538. The fourth-order valence-electron chi connectivity index (χ4n) is 1.75. The first kappa shape index (κ1) is 12.4. The van der Waals surface area contributed by atoms with Crippen molar-refractivity contribution < 1.29 is 13.2 Å². The van der Waals surface area contributed by atoms with Crippen molar-refractivity contribution in [2.24, 2.45) is 0 Å². The first-order chi connectivity index (χ1) is 8.05. The average Bonchev–Trinajstić information content (AvgIpc) is 3.08. The molecule has 1 aromatic carbocycles. The van der Waals surface area contributed by atoms with E-state index in [1.165, 1.54) is 12.8 Å². The first-order valence-electron chi connectivity index (χ1n) is 5.95. The van der Waals surface area contributed by atoms with Crippen molar-refractivity contribution in [3.05, 3.63) is 35.4 Å². The van der Waals surface area contributed by atoms with Crippen LogP contribution in [0.25, 0.3) is 0 Å². The van der Waals surface area contributed by atoms with E-state index < -0.39 is 11.7 Å². The lowest BCUT2D eigenvalue weighted by Crippen LogP contribution is -2.17. The lowest BCUT2D eigenvalue weighted by Gasteiger charge is -2.07. The maximum absolute atomic E-state index is 12.3. The molecule has 2 rings (SSSR count). The predicted octanol–water partition coefficient (Wildman–Crippen LogP) is 3.39. The molecular weight excluding hydrogens is 227 g/mol. The van der Waals surface area contributed by atoms with Crippen LogP contribution in [0.4, 0.5) is 13.2 Å². The van der Waals surface area contributed by atoms with Gasteiger partial charge in [-0.25, -0.2) is 0 Å². The smallest absolute Gasteiger partial charge is 0.314 e. The van der Waals surface area contributed by atoms with Crippen molar-refractivity contribution in [2.75, 3.05) is 6.54 Å². The molecule has 0 spiro atoms. The minimum atomic E-state index is -4.23. The van der Waals surface area contributed by atoms with Gasteiger partial charge in [0.05, 0.1) is 5.56 Å². The summed E-state index contributed by atoms with van der Waals surface area (Å²) in [7, 11) is 0. The zero-order valence-corrected chi connectivity index (χ0v) is 9.56. The minimum absolute atomic E-state index is 0.572. The van der Waals surface area contributed by atoms with E-state index in [0.717, 1.165) is 37.1 Å². The number of nitrogens with one attached hydrogen (secondary N) is 1. The molecule has 0 aromatic heterocycles. The molecule has 0 saturated heterocycles. The molecule has 4 heteroatoms. The summed E-state index contributed by atoms with van der Waals surface area (Å²) >= 11 is 0. The Morgan fingerprint density at radius 1 is 1.12 bits per heavy atom. The second-order valence-electron chi connectivity index (χ2n) is 4.53.